The molecular formula is C11H10FIO2. The molecule has 0 aliphatic carbocycles. The van der Waals surface area contributed by atoms with E-state index >= 15 is 0 Å². The molecule has 0 radical (unpaired) electrons. The van der Waals surface area contributed by atoms with Gasteiger partial charge in [0, 0.05) is 0 Å². The molecule has 1 unspecified atom stereocenters. The van der Waals surface area contributed by atoms with Gasteiger partial charge in [0.15, 0.2) is 11.9 Å². The lowest BCUT2D eigenvalue weighted by Crippen LogP contribution is -2.32. The molecule has 2 rings (SSSR count). The van der Waals surface area contributed by atoms with Crippen molar-refractivity contribution in [2.24, 2.45) is 0 Å². The Morgan fingerprint density at radius 3 is 3.13 bits per heavy atom. The Balaban J connectivity index is 2.20. The first kappa shape index (κ1) is 10.9. The average Bonchev–Trinajstić information content (AvgIpc) is 2.27. The Morgan fingerprint density at radius 1 is 1.60 bits per heavy atom. The van der Waals surface area contributed by atoms with E-state index in [1.54, 1.807) is 6.07 Å². The second kappa shape index (κ2) is 4.47. The maximum Gasteiger partial charge on any atom is 0.182 e. The molecule has 0 N–H and O–H groups in total. The first-order chi connectivity index (χ1) is 7.20. The number of Topliss-reactive ketones (excluding diaryl/α,β-unsaturated/α-hetero) is 1. The Bertz CT molecular complexity index is 392. The summed E-state index contributed by atoms with van der Waals surface area (Å²) in [5.41, 5.74) is 0.854. The lowest BCUT2D eigenvalue weighted by Gasteiger charge is -2.24. The van der Waals surface area contributed by atoms with Crippen molar-refractivity contribution in [2.45, 2.75) is 18.9 Å². The van der Waals surface area contributed by atoms with Gasteiger partial charge in [0.1, 0.15) is 11.6 Å². The molecule has 1 aliphatic rings. The highest BCUT2D eigenvalue weighted by Gasteiger charge is 2.25. The van der Waals surface area contributed by atoms with Gasteiger partial charge in [-0.25, -0.2) is 4.39 Å². The molecule has 0 spiro atoms. The van der Waals surface area contributed by atoms with E-state index in [0.717, 1.165) is 5.56 Å². The minimum absolute atomic E-state index is 0.102. The molecule has 80 valence electrons. The van der Waals surface area contributed by atoms with Gasteiger partial charge in [-0.15, -0.1) is 0 Å². The van der Waals surface area contributed by atoms with E-state index in [-0.39, 0.29) is 17.7 Å². The van der Waals surface area contributed by atoms with Crippen LogP contribution in [-0.4, -0.2) is 16.3 Å². The molecule has 4 heteroatoms. The molecule has 15 heavy (non-hydrogen) atoms. The summed E-state index contributed by atoms with van der Waals surface area (Å²) in [6.45, 7) is 0. The third-order valence-electron chi connectivity index (χ3n) is 2.46. The summed E-state index contributed by atoms with van der Waals surface area (Å²) >= 11 is 2.03. The quantitative estimate of drug-likeness (QED) is 0.618. The predicted octanol–water partition coefficient (Wildman–Crippen LogP) is 2.52. The number of hydrogen-bond acceptors (Lipinski definition) is 2. The van der Waals surface area contributed by atoms with Gasteiger partial charge in [0.25, 0.3) is 0 Å². The zero-order valence-electron chi connectivity index (χ0n) is 8.00. The number of aryl methyl sites for hydroxylation is 1. The molecule has 1 aliphatic heterocycles. The number of benzene rings is 1. The van der Waals surface area contributed by atoms with Crippen LogP contribution < -0.4 is 4.74 Å². The number of halogens is 2. The fraction of sp³-hybridized carbons (Fsp3) is 0.364. The summed E-state index contributed by atoms with van der Waals surface area (Å²) in [5.74, 6) is 0.493. The van der Waals surface area contributed by atoms with Gasteiger partial charge >= 0.3 is 0 Å². The third-order valence-corrected chi connectivity index (χ3v) is 3.21. The number of ketones is 1. The summed E-state index contributed by atoms with van der Waals surface area (Å²) in [6.07, 6.45) is 1.01. The minimum Gasteiger partial charge on any atom is -0.482 e. The van der Waals surface area contributed by atoms with Crippen LogP contribution in [-0.2, 0) is 11.2 Å². The lowest BCUT2D eigenvalue weighted by molar-refractivity contribution is -0.123. The molecule has 1 aromatic carbocycles. The Hall–Kier alpha value is -0.650. The van der Waals surface area contributed by atoms with E-state index in [0.29, 0.717) is 23.0 Å². The zero-order chi connectivity index (χ0) is 10.8. The van der Waals surface area contributed by atoms with Crippen LogP contribution in [0.15, 0.2) is 18.2 Å². The number of ether oxygens (including phenoxy) is 1. The summed E-state index contributed by atoms with van der Waals surface area (Å²) < 4.78 is 18.9. The van der Waals surface area contributed by atoms with E-state index in [9.17, 15) is 9.18 Å². The van der Waals surface area contributed by atoms with Gasteiger partial charge < -0.3 is 4.74 Å². The van der Waals surface area contributed by atoms with E-state index < -0.39 is 0 Å². The molecule has 0 aromatic heterocycles. The van der Waals surface area contributed by atoms with Gasteiger partial charge in [-0.05, 0) is 36.6 Å². The minimum atomic E-state index is -0.347. The van der Waals surface area contributed by atoms with Crippen LogP contribution in [0.5, 0.6) is 5.75 Å². The maximum atomic E-state index is 12.9. The number of hydrogen-bond donors (Lipinski definition) is 0. The fourth-order valence-electron chi connectivity index (χ4n) is 1.67. The summed E-state index contributed by atoms with van der Waals surface area (Å²) in [4.78, 5) is 11.4. The SMILES string of the molecule is O=C(CI)C1CCc2cc(F)ccc2O1. The topological polar surface area (TPSA) is 26.3 Å². The van der Waals surface area contributed by atoms with Crippen LogP contribution in [0.1, 0.15) is 12.0 Å². The van der Waals surface area contributed by atoms with Crippen LogP contribution in [0.25, 0.3) is 0 Å². The highest BCUT2D eigenvalue weighted by Crippen LogP contribution is 2.28. The summed E-state index contributed by atoms with van der Waals surface area (Å²) in [6, 6.07) is 4.42. The highest BCUT2D eigenvalue weighted by molar-refractivity contribution is 14.1. The predicted molar refractivity (Wildman–Crippen MR) is 63.0 cm³/mol. The second-order valence-electron chi connectivity index (χ2n) is 3.50. The standard InChI is InChI=1S/C11H10FIO2/c12-8-2-4-10-7(5-8)1-3-11(15-10)9(14)6-13/h2,4-5,11H,1,3,6H2. The normalized spacial score (nSPS) is 19.2. The average molecular weight is 320 g/mol. The van der Waals surface area contributed by atoms with E-state index in [2.05, 4.69) is 0 Å². The van der Waals surface area contributed by atoms with Crippen LogP contribution in [0.4, 0.5) is 4.39 Å². The third kappa shape index (κ3) is 2.30. The van der Waals surface area contributed by atoms with Crippen molar-refractivity contribution in [3.63, 3.8) is 0 Å². The Kier molecular flexibility index (Phi) is 3.23. The lowest BCUT2D eigenvalue weighted by atomic mass is 10.0. The highest BCUT2D eigenvalue weighted by atomic mass is 127. The van der Waals surface area contributed by atoms with Gasteiger partial charge in [-0.1, -0.05) is 22.6 Å². The zero-order valence-corrected chi connectivity index (χ0v) is 10.2. The summed E-state index contributed by atoms with van der Waals surface area (Å²) in [7, 11) is 0. The molecule has 0 saturated carbocycles. The largest absolute Gasteiger partial charge is 0.482 e. The molecule has 1 heterocycles. The van der Waals surface area contributed by atoms with E-state index in [1.165, 1.54) is 12.1 Å². The van der Waals surface area contributed by atoms with Gasteiger partial charge in [0.2, 0.25) is 0 Å². The van der Waals surface area contributed by atoms with Crippen molar-refractivity contribution in [2.75, 3.05) is 4.43 Å². The molecular weight excluding hydrogens is 310 g/mol. The molecule has 2 nitrogen and oxygen atoms in total. The Labute approximate surface area is 101 Å². The molecule has 0 amide bonds. The van der Waals surface area contributed by atoms with Crippen molar-refractivity contribution in [1.29, 1.82) is 0 Å². The molecule has 1 aromatic rings. The van der Waals surface area contributed by atoms with Crippen LogP contribution in [0, 0.1) is 5.82 Å². The van der Waals surface area contributed by atoms with Crippen LogP contribution in [0.2, 0.25) is 0 Å². The fourth-order valence-corrected chi connectivity index (χ4v) is 2.16. The van der Waals surface area contributed by atoms with Crippen LogP contribution >= 0.6 is 22.6 Å². The van der Waals surface area contributed by atoms with E-state index in [1.807, 2.05) is 22.6 Å². The Morgan fingerprint density at radius 2 is 2.40 bits per heavy atom. The number of carbonyl (C=O) groups excluding carboxylic acids is 1. The second-order valence-corrected chi connectivity index (χ2v) is 4.26. The number of alkyl halides is 1. The first-order valence-electron chi connectivity index (χ1n) is 4.74. The van der Waals surface area contributed by atoms with Crippen molar-refractivity contribution in [3.8, 4) is 5.75 Å². The van der Waals surface area contributed by atoms with Crippen molar-refractivity contribution >= 4 is 28.4 Å². The van der Waals surface area contributed by atoms with Gasteiger partial charge in [0.05, 0.1) is 4.43 Å². The van der Waals surface area contributed by atoms with Crippen molar-refractivity contribution < 1.29 is 13.9 Å². The number of rotatable bonds is 2. The molecule has 1 atom stereocenters. The molecule has 0 saturated heterocycles. The first-order valence-corrected chi connectivity index (χ1v) is 6.27. The van der Waals surface area contributed by atoms with Gasteiger partial charge in [-0.2, -0.15) is 0 Å². The van der Waals surface area contributed by atoms with Gasteiger partial charge in [-0.3, -0.25) is 4.79 Å². The van der Waals surface area contributed by atoms with Crippen molar-refractivity contribution in [1.82, 2.24) is 0 Å². The molecule has 0 fully saturated rings. The number of fused-ring (bicyclic) bond motifs is 1. The van der Waals surface area contributed by atoms with Crippen LogP contribution in [0.3, 0.4) is 0 Å². The molecule has 0 bridgehead atoms. The maximum absolute atomic E-state index is 12.9. The van der Waals surface area contributed by atoms with E-state index in [4.69, 9.17) is 4.74 Å². The number of carbonyl (C=O) groups is 1. The smallest absolute Gasteiger partial charge is 0.182 e. The summed E-state index contributed by atoms with van der Waals surface area (Å²) in [5, 5.41) is 0. The monoisotopic (exact) mass is 320 g/mol. The van der Waals surface area contributed by atoms with Crippen molar-refractivity contribution in [3.05, 3.63) is 29.6 Å².